The van der Waals surface area contributed by atoms with Gasteiger partial charge in [0.1, 0.15) is 0 Å². The lowest BCUT2D eigenvalue weighted by Gasteiger charge is -2.39. The highest BCUT2D eigenvalue weighted by atomic mass is 16.5. The van der Waals surface area contributed by atoms with Crippen LogP contribution < -0.4 is 5.32 Å². The Morgan fingerprint density at radius 1 is 0.964 bits per heavy atom. The molecule has 1 N–H and O–H groups in total. The lowest BCUT2D eigenvalue weighted by Crippen LogP contribution is -2.55. The number of para-hydroxylation sites is 1. The summed E-state index contributed by atoms with van der Waals surface area (Å²) in [7, 11) is 1.74. The molecule has 150 valence electrons. The third-order valence-electron chi connectivity index (χ3n) is 5.58. The van der Waals surface area contributed by atoms with E-state index in [1.807, 2.05) is 49.4 Å². The van der Waals surface area contributed by atoms with Gasteiger partial charge in [0.2, 0.25) is 5.91 Å². The highest BCUT2D eigenvalue weighted by Gasteiger charge is 2.27. The molecule has 1 amide bonds. The Bertz CT molecular complexity index is 757. The minimum Gasteiger partial charge on any atom is -0.383 e. The Hall–Kier alpha value is -2.21. The van der Waals surface area contributed by atoms with E-state index in [1.165, 1.54) is 0 Å². The smallest absolute Gasteiger partial charge is 0.241 e. The number of hydrogen-bond donors (Lipinski definition) is 1. The fourth-order valence-electron chi connectivity index (χ4n) is 3.78. The molecule has 2 atom stereocenters. The first-order valence-corrected chi connectivity index (χ1v) is 10.0. The number of methoxy groups -OCH3 is 1. The number of amides is 1. The lowest BCUT2D eigenvalue weighted by atomic mass is 10.0. The molecular weight excluding hydrogens is 350 g/mol. The van der Waals surface area contributed by atoms with Crippen LogP contribution in [0.3, 0.4) is 0 Å². The van der Waals surface area contributed by atoms with Gasteiger partial charge in [-0.3, -0.25) is 14.6 Å². The zero-order chi connectivity index (χ0) is 19.9. The molecule has 5 nitrogen and oxygen atoms in total. The van der Waals surface area contributed by atoms with E-state index in [0.29, 0.717) is 6.04 Å². The van der Waals surface area contributed by atoms with Crippen molar-refractivity contribution in [1.82, 2.24) is 9.80 Å². The Morgan fingerprint density at radius 3 is 2.25 bits per heavy atom. The first kappa shape index (κ1) is 20.5. The zero-order valence-electron chi connectivity index (χ0n) is 17.1. The number of benzene rings is 2. The molecule has 0 aliphatic carbocycles. The van der Waals surface area contributed by atoms with Crippen molar-refractivity contribution < 1.29 is 9.53 Å². The van der Waals surface area contributed by atoms with Gasteiger partial charge in [0.15, 0.2) is 0 Å². The fourth-order valence-corrected chi connectivity index (χ4v) is 3.78. The van der Waals surface area contributed by atoms with Gasteiger partial charge in [-0.25, -0.2) is 0 Å². The number of nitrogens with zero attached hydrogens (tertiary/aromatic N) is 2. The summed E-state index contributed by atoms with van der Waals surface area (Å²) >= 11 is 0. The van der Waals surface area contributed by atoms with Crippen molar-refractivity contribution in [2.75, 3.05) is 45.2 Å². The summed E-state index contributed by atoms with van der Waals surface area (Å²) in [6.45, 7) is 8.63. The molecule has 5 heteroatoms. The second-order valence-electron chi connectivity index (χ2n) is 7.45. The summed E-state index contributed by atoms with van der Waals surface area (Å²) in [5, 5.41) is 3.15. The van der Waals surface area contributed by atoms with E-state index in [-0.39, 0.29) is 11.9 Å². The highest BCUT2D eigenvalue weighted by Crippen LogP contribution is 2.27. The van der Waals surface area contributed by atoms with Gasteiger partial charge in [-0.2, -0.15) is 0 Å². The summed E-state index contributed by atoms with van der Waals surface area (Å²) in [6.07, 6.45) is 0. The van der Waals surface area contributed by atoms with Crippen LogP contribution in [0.4, 0.5) is 5.69 Å². The van der Waals surface area contributed by atoms with E-state index >= 15 is 0 Å². The van der Waals surface area contributed by atoms with Gasteiger partial charge >= 0.3 is 0 Å². The van der Waals surface area contributed by atoms with Gasteiger partial charge < -0.3 is 10.1 Å². The van der Waals surface area contributed by atoms with Crippen molar-refractivity contribution in [3.8, 4) is 11.1 Å². The predicted molar refractivity (Wildman–Crippen MR) is 114 cm³/mol. The third kappa shape index (κ3) is 4.98. The van der Waals surface area contributed by atoms with Crippen LogP contribution >= 0.6 is 0 Å². The van der Waals surface area contributed by atoms with Crippen LogP contribution in [0.5, 0.6) is 0 Å². The molecule has 0 unspecified atom stereocenters. The van der Waals surface area contributed by atoms with Crippen LogP contribution in [-0.2, 0) is 9.53 Å². The number of ether oxygens (including phenoxy) is 1. The number of hydrogen-bond acceptors (Lipinski definition) is 4. The molecule has 1 aliphatic heterocycles. The number of carbonyl (C=O) groups excluding carboxylic acids is 1. The molecule has 0 radical (unpaired) electrons. The first-order chi connectivity index (χ1) is 13.6. The maximum absolute atomic E-state index is 12.9. The van der Waals surface area contributed by atoms with Crippen molar-refractivity contribution in [3.63, 3.8) is 0 Å². The molecular formula is C23H31N3O2. The zero-order valence-corrected chi connectivity index (χ0v) is 17.1. The summed E-state index contributed by atoms with van der Waals surface area (Å²) in [6, 6.07) is 18.4. The predicted octanol–water partition coefficient (Wildman–Crippen LogP) is 3.33. The number of carbonyl (C=O) groups is 1. The fraction of sp³-hybridized carbons (Fsp3) is 0.435. The topological polar surface area (TPSA) is 44.8 Å². The molecule has 28 heavy (non-hydrogen) atoms. The average molecular weight is 382 g/mol. The molecule has 2 aromatic carbocycles. The molecule has 3 rings (SSSR count). The standard InChI is InChI=1S/C23H31N3O2/c1-18(17-28-3)25-13-15-26(16-14-25)19(2)23(27)24-22-12-8-7-11-21(22)20-9-5-4-6-10-20/h4-12,18-19H,13-17H2,1-3H3,(H,24,27)/t18-,19+/m1/s1. The molecule has 0 aromatic heterocycles. The van der Waals surface area contributed by atoms with Crippen molar-refractivity contribution >= 4 is 11.6 Å². The van der Waals surface area contributed by atoms with Gasteiger partial charge in [0, 0.05) is 50.6 Å². The van der Waals surface area contributed by atoms with E-state index in [0.717, 1.165) is 49.6 Å². The Balaban J connectivity index is 1.62. The van der Waals surface area contributed by atoms with E-state index in [2.05, 4.69) is 34.2 Å². The maximum Gasteiger partial charge on any atom is 0.241 e. The average Bonchev–Trinajstić information content (AvgIpc) is 2.74. The summed E-state index contributed by atoms with van der Waals surface area (Å²) in [5.74, 6) is 0.0433. The molecule has 0 spiro atoms. The Labute approximate surface area is 168 Å². The molecule has 1 aliphatic rings. The van der Waals surface area contributed by atoms with Crippen LogP contribution in [0.1, 0.15) is 13.8 Å². The monoisotopic (exact) mass is 381 g/mol. The van der Waals surface area contributed by atoms with Gasteiger partial charge in [0.25, 0.3) is 0 Å². The second kappa shape index (κ2) is 9.82. The first-order valence-electron chi connectivity index (χ1n) is 10.0. The number of nitrogens with one attached hydrogen (secondary N) is 1. The number of anilines is 1. The van der Waals surface area contributed by atoms with Crippen molar-refractivity contribution in [3.05, 3.63) is 54.6 Å². The van der Waals surface area contributed by atoms with Crippen LogP contribution in [0.25, 0.3) is 11.1 Å². The van der Waals surface area contributed by atoms with Gasteiger partial charge in [-0.15, -0.1) is 0 Å². The molecule has 0 bridgehead atoms. The van der Waals surface area contributed by atoms with Crippen molar-refractivity contribution in [2.24, 2.45) is 0 Å². The molecule has 1 fully saturated rings. The lowest BCUT2D eigenvalue weighted by molar-refractivity contribution is -0.121. The van der Waals surface area contributed by atoms with E-state index < -0.39 is 0 Å². The van der Waals surface area contributed by atoms with Crippen LogP contribution in [0.15, 0.2) is 54.6 Å². The number of piperazine rings is 1. The van der Waals surface area contributed by atoms with Crippen LogP contribution in [-0.4, -0.2) is 67.7 Å². The van der Waals surface area contributed by atoms with Gasteiger partial charge in [0.05, 0.1) is 12.6 Å². The van der Waals surface area contributed by atoms with E-state index in [4.69, 9.17) is 4.74 Å². The maximum atomic E-state index is 12.9. The third-order valence-corrected chi connectivity index (χ3v) is 5.58. The van der Waals surface area contributed by atoms with Crippen molar-refractivity contribution in [2.45, 2.75) is 25.9 Å². The van der Waals surface area contributed by atoms with E-state index in [1.54, 1.807) is 7.11 Å². The van der Waals surface area contributed by atoms with E-state index in [9.17, 15) is 4.79 Å². The Kier molecular flexibility index (Phi) is 7.20. The number of rotatable bonds is 7. The van der Waals surface area contributed by atoms with Crippen LogP contribution in [0.2, 0.25) is 0 Å². The molecule has 2 aromatic rings. The van der Waals surface area contributed by atoms with Gasteiger partial charge in [-0.05, 0) is 25.5 Å². The summed E-state index contributed by atoms with van der Waals surface area (Å²) in [5.41, 5.74) is 3.01. The van der Waals surface area contributed by atoms with Crippen LogP contribution in [0, 0.1) is 0 Å². The minimum atomic E-state index is -0.163. The summed E-state index contributed by atoms with van der Waals surface area (Å²) < 4.78 is 5.26. The van der Waals surface area contributed by atoms with Crippen molar-refractivity contribution in [1.29, 1.82) is 0 Å². The second-order valence-corrected chi connectivity index (χ2v) is 7.45. The molecule has 1 heterocycles. The quantitative estimate of drug-likeness (QED) is 0.799. The minimum absolute atomic E-state index is 0.0433. The largest absolute Gasteiger partial charge is 0.383 e. The SMILES string of the molecule is COC[C@@H](C)N1CCN([C@@H](C)C(=O)Nc2ccccc2-c2ccccc2)CC1. The highest BCUT2D eigenvalue weighted by molar-refractivity contribution is 5.98. The summed E-state index contributed by atoms with van der Waals surface area (Å²) in [4.78, 5) is 17.6. The van der Waals surface area contributed by atoms with Gasteiger partial charge in [-0.1, -0.05) is 48.5 Å². The normalized spacial score (nSPS) is 17.8. The Morgan fingerprint density at radius 2 is 1.57 bits per heavy atom. The molecule has 0 saturated carbocycles. The molecule has 1 saturated heterocycles.